The fraction of sp³-hybridized carbons (Fsp3) is 0.579. The fourth-order valence-electron chi connectivity index (χ4n) is 3.17. The summed E-state index contributed by atoms with van der Waals surface area (Å²) in [7, 11) is 0. The van der Waals surface area contributed by atoms with Crippen LogP contribution in [0, 0.1) is 5.82 Å². The molecule has 2 rings (SSSR count). The molecule has 0 aromatic heterocycles. The van der Waals surface area contributed by atoms with Crippen molar-refractivity contribution in [1.82, 2.24) is 10.2 Å². The third-order valence-corrected chi connectivity index (χ3v) is 4.61. The quantitative estimate of drug-likeness (QED) is 0.813. The first kappa shape index (κ1) is 18.4. The number of amides is 2. The van der Waals surface area contributed by atoms with Gasteiger partial charge in [0.1, 0.15) is 5.82 Å². The number of carbonyl (C=O) groups excluding carboxylic acids is 2. The number of hydrogen-bond acceptors (Lipinski definition) is 2. The van der Waals surface area contributed by atoms with Gasteiger partial charge in [-0.1, -0.05) is 43.9 Å². The van der Waals surface area contributed by atoms with Gasteiger partial charge < -0.3 is 10.2 Å². The Hall–Kier alpha value is -1.91. The molecule has 132 valence electrons. The molecule has 0 bridgehead atoms. The van der Waals surface area contributed by atoms with Crippen LogP contribution >= 0.6 is 0 Å². The molecule has 0 aliphatic heterocycles. The average Bonchev–Trinajstić information content (AvgIpc) is 2.81. The molecule has 1 aromatic carbocycles. The zero-order valence-corrected chi connectivity index (χ0v) is 14.4. The van der Waals surface area contributed by atoms with Gasteiger partial charge in [-0.05, 0) is 30.9 Å². The molecule has 1 aliphatic rings. The zero-order valence-electron chi connectivity index (χ0n) is 14.4. The second kappa shape index (κ2) is 9.40. The second-order valence-electron chi connectivity index (χ2n) is 6.54. The number of carbonyl (C=O) groups is 2. The molecule has 4 nitrogen and oxygen atoms in total. The largest absolute Gasteiger partial charge is 0.352 e. The predicted octanol–water partition coefficient (Wildman–Crippen LogP) is 3.06. The molecule has 2 amide bonds. The molecular weight excluding hydrogens is 307 g/mol. The minimum Gasteiger partial charge on any atom is -0.352 e. The van der Waals surface area contributed by atoms with Crippen molar-refractivity contribution in [3.8, 4) is 0 Å². The van der Waals surface area contributed by atoms with Crippen LogP contribution in [0.3, 0.4) is 0 Å². The third-order valence-electron chi connectivity index (χ3n) is 4.61. The lowest BCUT2D eigenvalue weighted by Gasteiger charge is -2.23. The van der Waals surface area contributed by atoms with Crippen molar-refractivity contribution in [3.05, 3.63) is 35.6 Å². The maximum Gasteiger partial charge on any atom is 0.239 e. The van der Waals surface area contributed by atoms with Crippen molar-refractivity contribution >= 4 is 11.8 Å². The zero-order chi connectivity index (χ0) is 17.4. The molecule has 0 unspecified atom stereocenters. The van der Waals surface area contributed by atoms with Crippen molar-refractivity contribution in [3.63, 3.8) is 0 Å². The lowest BCUT2D eigenvalue weighted by molar-refractivity contribution is -0.134. The maximum absolute atomic E-state index is 13.7. The minimum absolute atomic E-state index is 0.0420. The van der Waals surface area contributed by atoms with E-state index in [4.69, 9.17) is 0 Å². The van der Waals surface area contributed by atoms with E-state index in [0.717, 1.165) is 25.7 Å². The van der Waals surface area contributed by atoms with Gasteiger partial charge in [0, 0.05) is 19.5 Å². The van der Waals surface area contributed by atoms with E-state index in [1.54, 1.807) is 18.2 Å². The molecule has 1 aliphatic carbocycles. The molecule has 0 atom stereocenters. The smallest absolute Gasteiger partial charge is 0.239 e. The third kappa shape index (κ3) is 5.95. The van der Waals surface area contributed by atoms with E-state index in [1.807, 2.05) is 0 Å². The lowest BCUT2D eigenvalue weighted by Crippen LogP contribution is -2.44. The molecule has 24 heavy (non-hydrogen) atoms. The van der Waals surface area contributed by atoms with Crippen LogP contribution in [0.15, 0.2) is 24.3 Å². The number of nitrogens with one attached hydrogen (secondary N) is 1. The molecule has 0 spiro atoms. The van der Waals surface area contributed by atoms with Crippen LogP contribution < -0.4 is 5.32 Å². The number of benzene rings is 1. The van der Waals surface area contributed by atoms with Crippen LogP contribution in [0.4, 0.5) is 4.39 Å². The highest BCUT2D eigenvalue weighted by molar-refractivity contribution is 5.83. The van der Waals surface area contributed by atoms with Gasteiger partial charge in [-0.15, -0.1) is 0 Å². The van der Waals surface area contributed by atoms with Gasteiger partial charge in [-0.2, -0.15) is 0 Å². The molecule has 0 heterocycles. The van der Waals surface area contributed by atoms with E-state index in [0.29, 0.717) is 18.5 Å². The molecule has 0 radical (unpaired) electrons. The summed E-state index contributed by atoms with van der Waals surface area (Å²) in [5.74, 6) is -0.558. The molecule has 1 fully saturated rings. The van der Waals surface area contributed by atoms with E-state index >= 15 is 0 Å². The summed E-state index contributed by atoms with van der Waals surface area (Å²) in [5, 5.41) is 3.05. The summed E-state index contributed by atoms with van der Waals surface area (Å²) in [6.45, 7) is 1.83. The highest BCUT2D eigenvalue weighted by Crippen LogP contribution is 2.17. The van der Waals surface area contributed by atoms with Crippen LogP contribution in [-0.2, 0) is 16.0 Å². The lowest BCUT2D eigenvalue weighted by atomic mass is 10.1. The Morgan fingerprint density at radius 1 is 1.17 bits per heavy atom. The second-order valence-corrected chi connectivity index (χ2v) is 6.54. The highest BCUT2D eigenvalue weighted by atomic mass is 19.1. The summed E-state index contributed by atoms with van der Waals surface area (Å²) in [4.78, 5) is 25.5. The Bertz CT molecular complexity index is 554. The normalized spacial score (nSPS) is 15.6. The van der Waals surface area contributed by atoms with Gasteiger partial charge in [0.2, 0.25) is 11.8 Å². The van der Waals surface area contributed by atoms with Crippen molar-refractivity contribution in [2.45, 2.75) is 57.9 Å². The molecule has 0 saturated heterocycles. The Morgan fingerprint density at radius 2 is 1.83 bits per heavy atom. The minimum atomic E-state index is -0.274. The van der Waals surface area contributed by atoms with E-state index in [1.165, 1.54) is 30.7 Å². The monoisotopic (exact) mass is 334 g/mol. The van der Waals surface area contributed by atoms with E-state index in [2.05, 4.69) is 5.32 Å². The van der Waals surface area contributed by atoms with Gasteiger partial charge in [-0.25, -0.2) is 4.39 Å². The van der Waals surface area contributed by atoms with Crippen LogP contribution in [0.1, 0.15) is 51.0 Å². The van der Waals surface area contributed by atoms with Crippen molar-refractivity contribution in [1.29, 1.82) is 0 Å². The van der Waals surface area contributed by atoms with Gasteiger partial charge in [0.25, 0.3) is 0 Å². The molecule has 1 N–H and O–H groups in total. The van der Waals surface area contributed by atoms with Crippen LogP contribution in [0.25, 0.3) is 0 Å². The Labute approximate surface area is 143 Å². The van der Waals surface area contributed by atoms with Crippen LogP contribution in [-0.4, -0.2) is 35.8 Å². The van der Waals surface area contributed by atoms with E-state index in [-0.39, 0.29) is 30.2 Å². The predicted molar refractivity (Wildman–Crippen MR) is 92.0 cm³/mol. The molecular formula is C19H27FN2O2. The SMILES string of the molecule is CC(=O)N(CCc1ccccc1F)CC(=O)NC1CCCCCC1. The number of rotatable bonds is 6. The Morgan fingerprint density at radius 3 is 2.46 bits per heavy atom. The first-order chi connectivity index (χ1) is 11.6. The van der Waals surface area contributed by atoms with E-state index < -0.39 is 0 Å². The van der Waals surface area contributed by atoms with Crippen molar-refractivity contribution < 1.29 is 14.0 Å². The van der Waals surface area contributed by atoms with Gasteiger partial charge in [0.15, 0.2) is 0 Å². The Balaban J connectivity index is 1.84. The highest BCUT2D eigenvalue weighted by Gasteiger charge is 2.18. The van der Waals surface area contributed by atoms with Gasteiger partial charge >= 0.3 is 0 Å². The molecule has 1 aromatic rings. The standard InChI is InChI=1S/C19H27FN2O2/c1-15(23)22(13-12-16-8-6-7-11-18(16)20)14-19(24)21-17-9-4-2-3-5-10-17/h6-8,11,17H,2-5,9-10,12-14H2,1H3,(H,21,24). The first-order valence-corrected chi connectivity index (χ1v) is 8.84. The first-order valence-electron chi connectivity index (χ1n) is 8.84. The van der Waals surface area contributed by atoms with Crippen LogP contribution in [0.2, 0.25) is 0 Å². The van der Waals surface area contributed by atoms with E-state index in [9.17, 15) is 14.0 Å². The maximum atomic E-state index is 13.7. The number of hydrogen-bond donors (Lipinski definition) is 1. The summed E-state index contributed by atoms with van der Waals surface area (Å²) in [6.07, 6.45) is 7.19. The molecule has 1 saturated carbocycles. The van der Waals surface area contributed by atoms with Gasteiger partial charge in [0.05, 0.1) is 6.54 Å². The summed E-state index contributed by atoms with van der Waals surface area (Å²) in [6, 6.07) is 6.75. The number of nitrogens with zero attached hydrogens (tertiary/aromatic N) is 1. The average molecular weight is 334 g/mol. The summed E-state index contributed by atoms with van der Waals surface area (Å²) < 4.78 is 13.7. The fourth-order valence-corrected chi connectivity index (χ4v) is 3.17. The van der Waals surface area contributed by atoms with Gasteiger partial charge in [-0.3, -0.25) is 9.59 Å². The summed E-state index contributed by atoms with van der Waals surface area (Å²) >= 11 is 0. The van der Waals surface area contributed by atoms with Crippen molar-refractivity contribution in [2.75, 3.05) is 13.1 Å². The van der Waals surface area contributed by atoms with Crippen LogP contribution in [0.5, 0.6) is 0 Å². The number of halogens is 1. The Kier molecular flexibility index (Phi) is 7.22. The summed E-state index contributed by atoms with van der Waals surface area (Å²) in [5.41, 5.74) is 0.563. The van der Waals surface area contributed by atoms with Crippen molar-refractivity contribution in [2.24, 2.45) is 0 Å². The molecule has 5 heteroatoms. The topological polar surface area (TPSA) is 49.4 Å².